The second-order valence-corrected chi connectivity index (χ2v) is 7.48. The third-order valence-electron chi connectivity index (χ3n) is 4.78. The summed E-state index contributed by atoms with van der Waals surface area (Å²) in [7, 11) is 1.43. The summed E-state index contributed by atoms with van der Waals surface area (Å²) in [6.07, 6.45) is 2.23. The summed E-state index contributed by atoms with van der Waals surface area (Å²) in [4.78, 5) is 34.9. The molecule has 11 heteroatoms. The fraction of sp³-hybridized carbons (Fsp3) is 0.192. The normalized spacial score (nSPS) is 10.5. The van der Waals surface area contributed by atoms with Crippen LogP contribution >= 0.6 is 0 Å². The van der Waals surface area contributed by atoms with Gasteiger partial charge < -0.3 is 18.9 Å². The molecule has 0 saturated carbocycles. The molecule has 0 aliphatic heterocycles. The van der Waals surface area contributed by atoms with Crippen molar-refractivity contribution in [3.63, 3.8) is 0 Å². The van der Waals surface area contributed by atoms with Crippen LogP contribution < -0.4 is 24.4 Å². The standard InChI is InChI=1S/C26H25N3O8/c1-3-14-35-20-11-9-19(10-12-20)26(31)37-23-13-8-18(15-24(23)34-2)16-27-28-25(30)17-36-22-7-5-4-6-21(22)29(32)33/h4-13,15-16H,3,14,17H2,1-2H3,(H,28,30)/b27-16+. The molecule has 3 rings (SSSR count). The van der Waals surface area contributed by atoms with Crippen LogP contribution in [0.3, 0.4) is 0 Å². The first-order valence-electron chi connectivity index (χ1n) is 11.2. The van der Waals surface area contributed by atoms with Crippen LogP contribution in [0.5, 0.6) is 23.0 Å². The van der Waals surface area contributed by atoms with E-state index in [1.807, 2.05) is 6.92 Å². The molecule has 37 heavy (non-hydrogen) atoms. The van der Waals surface area contributed by atoms with Gasteiger partial charge in [0.05, 0.1) is 30.4 Å². The fourth-order valence-corrected chi connectivity index (χ4v) is 3.00. The largest absolute Gasteiger partial charge is 0.494 e. The van der Waals surface area contributed by atoms with Crippen LogP contribution in [0.15, 0.2) is 71.8 Å². The van der Waals surface area contributed by atoms with Gasteiger partial charge in [-0.1, -0.05) is 19.1 Å². The zero-order valence-electron chi connectivity index (χ0n) is 20.2. The monoisotopic (exact) mass is 507 g/mol. The molecule has 0 aliphatic carbocycles. The molecule has 1 N–H and O–H groups in total. The Bertz CT molecular complexity index is 1280. The summed E-state index contributed by atoms with van der Waals surface area (Å²) < 4.78 is 21.5. The van der Waals surface area contributed by atoms with Gasteiger partial charge in [-0.3, -0.25) is 14.9 Å². The Kier molecular flexibility index (Phi) is 9.54. The molecule has 0 fully saturated rings. The minimum atomic E-state index is -0.613. The van der Waals surface area contributed by atoms with Crippen molar-refractivity contribution >= 4 is 23.8 Å². The maximum atomic E-state index is 12.5. The average Bonchev–Trinajstić information content (AvgIpc) is 2.91. The summed E-state index contributed by atoms with van der Waals surface area (Å²) in [5, 5.41) is 14.8. The number of nitrogens with one attached hydrogen (secondary N) is 1. The molecule has 0 heterocycles. The summed E-state index contributed by atoms with van der Waals surface area (Å²) in [5.74, 6) is -0.0447. The molecule has 0 bridgehead atoms. The van der Waals surface area contributed by atoms with Crippen LogP contribution in [0, 0.1) is 10.1 Å². The number of carbonyl (C=O) groups is 2. The van der Waals surface area contributed by atoms with E-state index in [0.717, 1.165) is 6.42 Å². The zero-order chi connectivity index (χ0) is 26.6. The summed E-state index contributed by atoms with van der Waals surface area (Å²) >= 11 is 0. The number of hydrogen-bond acceptors (Lipinski definition) is 9. The lowest BCUT2D eigenvalue weighted by molar-refractivity contribution is -0.385. The van der Waals surface area contributed by atoms with Gasteiger partial charge >= 0.3 is 11.7 Å². The van der Waals surface area contributed by atoms with Gasteiger partial charge in [0.15, 0.2) is 23.9 Å². The van der Waals surface area contributed by atoms with Crippen molar-refractivity contribution in [3.8, 4) is 23.0 Å². The van der Waals surface area contributed by atoms with Gasteiger partial charge in [-0.25, -0.2) is 10.2 Å². The van der Waals surface area contributed by atoms with Gasteiger partial charge in [0.2, 0.25) is 0 Å². The van der Waals surface area contributed by atoms with E-state index in [0.29, 0.717) is 23.5 Å². The highest BCUT2D eigenvalue weighted by atomic mass is 16.6. The van der Waals surface area contributed by atoms with Crippen molar-refractivity contribution in [1.82, 2.24) is 5.43 Å². The smallest absolute Gasteiger partial charge is 0.343 e. The van der Waals surface area contributed by atoms with Gasteiger partial charge in [0, 0.05) is 6.07 Å². The van der Waals surface area contributed by atoms with Crippen molar-refractivity contribution in [3.05, 3.63) is 88.0 Å². The predicted octanol–water partition coefficient (Wildman–Crippen LogP) is 4.14. The highest BCUT2D eigenvalue weighted by Crippen LogP contribution is 2.29. The Morgan fingerprint density at radius 1 is 1.00 bits per heavy atom. The first kappa shape index (κ1) is 26.7. The highest BCUT2D eigenvalue weighted by Gasteiger charge is 2.15. The van der Waals surface area contributed by atoms with Crippen LogP contribution in [0.25, 0.3) is 0 Å². The second-order valence-electron chi connectivity index (χ2n) is 7.48. The van der Waals surface area contributed by atoms with Crippen molar-refractivity contribution in [1.29, 1.82) is 0 Å². The molecule has 3 aromatic carbocycles. The quantitative estimate of drug-likeness (QED) is 0.127. The number of benzene rings is 3. The first-order chi connectivity index (χ1) is 17.9. The Hall–Kier alpha value is -4.93. The minimum absolute atomic E-state index is 0.0257. The molecule has 0 spiro atoms. The van der Waals surface area contributed by atoms with Crippen LogP contribution in [0.1, 0.15) is 29.3 Å². The fourth-order valence-electron chi connectivity index (χ4n) is 3.00. The number of nitro benzene ring substituents is 1. The number of ether oxygens (including phenoxy) is 4. The molecule has 0 radical (unpaired) electrons. The van der Waals surface area contributed by atoms with Crippen molar-refractivity contribution in [2.24, 2.45) is 5.10 Å². The average molecular weight is 507 g/mol. The number of methoxy groups -OCH3 is 1. The zero-order valence-corrected chi connectivity index (χ0v) is 20.2. The predicted molar refractivity (Wildman–Crippen MR) is 135 cm³/mol. The van der Waals surface area contributed by atoms with E-state index in [4.69, 9.17) is 18.9 Å². The number of carbonyl (C=O) groups excluding carboxylic acids is 2. The summed E-state index contributed by atoms with van der Waals surface area (Å²) in [6, 6.07) is 17.1. The molecular formula is C26H25N3O8. The molecule has 0 aromatic heterocycles. The maximum absolute atomic E-state index is 12.5. The van der Waals surface area contributed by atoms with Crippen molar-refractivity contribution < 1.29 is 33.5 Å². The number of amides is 1. The third kappa shape index (κ3) is 7.79. The van der Waals surface area contributed by atoms with E-state index in [9.17, 15) is 19.7 Å². The van der Waals surface area contributed by atoms with Crippen LogP contribution in [0.2, 0.25) is 0 Å². The molecule has 0 aliphatic rings. The number of para-hydroxylation sites is 2. The van der Waals surface area contributed by atoms with Gasteiger partial charge in [0.1, 0.15) is 5.75 Å². The SMILES string of the molecule is CCCOc1ccc(C(=O)Oc2ccc(/C=N/NC(=O)COc3ccccc3[N+](=O)[O-])cc2OC)cc1. The molecule has 11 nitrogen and oxygen atoms in total. The Balaban J connectivity index is 1.56. The van der Waals surface area contributed by atoms with Gasteiger partial charge in [-0.2, -0.15) is 5.10 Å². The molecule has 192 valence electrons. The van der Waals surface area contributed by atoms with Crippen molar-refractivity contribution in [2.75, 3.05) is 20.3 Å². The van der Waals surface area contributed by atoms with Crippen molar-refractivity contribution in [2.45, 2.75) is 13.3 Å². The summed E-state index contributed by atoms with van der Waals surface area (Å²) in [5.41, 5.74) is 2.93. The van der Waals surface area contributed by atoms with E-state index in [-0.39, 0.29) is 22.9 Å². The number of nitro groups is 1. The van der Waals surface area contributed by atoms with E-state index in [2.05, 4.69) is 10.5 Å². The lowest BCUT2D eigenvalue weighted by atomic mass is 10.2. The molecule has 0 unspecified atom stereocenters. The van der Waals surface area contributed by atoms with E-state index >= 15 is 0 Å². The second kappa shape index (κ2) is 13.2. The van der Waals surface area contributed by atoms with Crippen LogP contribution in [-0.4, -0.2) is 43.3 Å². The van der Waals surface area contributed by atoms with E-state index in [1.165, 1.54) is 37.6 Å². The number of rotatable bonds is 12. The Morgan fingerprint density at radius 2 is 1.76 bits per heavy atom. The minimum Gasteiger partial charge on any atom is -0.494 e. The van der Waals surface area contributed by atoms with E-state index in [1.54, 1.807) is 42.5 Å². The lowest BCUT2D eigenvalue weighted by Gasteiger charge is -2.10. The number of hydrogen-bond donors (Lipinski definition) is 1. The van der Waals surface area contributed by atoms with Gasteiger partial charge in [-0.05, 0) is 60.5 Å². The Labute approximate surface area is 212 Å². The van der Waals surface area contributed by atoms with Crippen LogP contribution in [-0.2, 0) is 4.79 Å². The number of esters is 1. The highest BCUT2D eigenvalue weighted by molar-refractivity contribution is 5.92. The first-order valence-corrected chi connectivity index (χ1v) is 11.2. The molecule has 0 saturated heterocycles. The van der Waals surface area contributed by atoms with Crippen LogP contribution in [0.4, 0.5) is 5.69 Å². The molecule has 1 amide bonds. The topological polar surface area (TPSA) is 139 Å². The van der Waals surface area contributed by atoms with Gasteiger partial charge in [-0.15, -0.1) is 0 Å². The number of nitrogens with zero attached hydrogens (tertiary/aromatic N) is 2. The maximum Gasteiger partial charge on any atom is 0.343 e. The third-order valence-corrected chi connectivity index (χ3v) is 4.78. The van der Waals surface area contributed by atoms with E-state index < -0.39 is 23.4 Å². The lowest BCUT2D eigenvalue weighted by Crippen LogP contribution is -2.24. The Morgan fingerprint density at radius 3 is 2.46 bits per heavy atom. The molecule has 0 atom stereocenters. The molecule has 3 aromatic rings. The van der Waals surface area contributed by atoms with Gasteiger partial charge in [0.25, 0.3) is 5.91 Å². The number of hydrazone groups is 1. The summed E-state index contributed by atoms with van der Waals surface area (Å²) in [6.45, 7) is 2.13. The molecular weight excluding hydrogens is 482 g/mol.